The van der Waals surface area contributed by atoms with Gasteiger partial charge in [0, 0.05) is 30.8 Å². The Kier molecular flexibility index (Phi) is 7.52. The molecule has 0 saturated heterocycles. The Morgan fingerprint density at radius 2 is 1.71 bits per heavy atom. The van der Waals surface area contributed by atoms with Crippen LogP contribution >= 0.6 is 0 Å². The molecule has 0 atom stereocenters. The van der Waals surface area contributed by atoms with E-state index in [1.165, 1.54) is 0 Å². The van der Waals surface area contributed by atoms with Crippen molar-refractivity contribution in [2.45, 2.75) is 39.2 Å². The summed E-state index contributed by atoms with van der Waals surface area (Å²) in [7, 11) is 3.13. The van der Waals surface area contributed by atoms with E-state index in [1.54, 1.807) is 32.4 Å². The van der Waals surface area contributed by atoms with Gasteiger partial charge in [0.15, 0.2) is 0 Å². The fourth-order valence-electron chi connectivity index (χ4n) is 3.44. The second-order valence-corrected chi connectivity index (χ2v) is 7.93. The Hall–Kier alpha value is -3.06. The second-order valence-electron chi connectivity index (χ2n) is 7.93. The average Bonchev–Trinajstić information content (AvgIpc) is 3.59. The minimum Gasteiger partial charge on any atom is -0.497 e. The number of amides is 2. The van der Waals surface area contributed by atoms with Gasteiger partial charge in [-0.05, 0) is 56.0 Å². The van der Waals surface area contributed by atoms with Crippen LogP contribution in [0.4, 0.5) is 11.4 Å². The maximum Gasteiger partial charge on any atom is 0.238 e. The summed E-state index contributed by atoms with van der Waals surface area (Å²) in [5, 5.41) is 5.89. The number of hydrogen-bond donors (Lipinski definition) is 2. The van der Waals surface area contributed by atoms with Crippen LogP contribution in [-0.2, 0) is 9.59 Å². The lowest BCUT2D eigenvalue weighted by molar-refractivity contribution is -0.119. The van der Waals surface area contributed by atoms with E-state index in [1.807, 2.05) is 32.0 Å². The normalized spacial score (nSPS) is 13.1. The zero-order chi connectivity index (χ0) is 22.4. The van der Waals surface area contributed by atoms with E-state index in [9.17, 15) is 9.59 Å². The lowest BCUT2D eigenvalue weighted by Crippen LogP contribution is -2.37. The Bertz CT molecular complexity index is 940. The minimum absolute atomic E-state index is 0.0597. The first kappa shape index (κ1) is 22.6. The summed E-state index contributed by atoms with van der Waals surface area (Å²) in [5.74, 6) is 1.02. The molecule has 2 amide bonds. The van der Waals surface area contributed by atoms with Crippen LogP contribution in [0, 0.1) is 13.8 Å². The summed E-state index contributed by atoms with van der Waals surface area (Å²) in [5.41, 5.74) is 3.54. The fraction of sp³-hybridized carbons (Fsp3) is 0.417. The average molecular weight is 426 g/mol. The summed E-state index contributed by atoms with van der Waals surface area (Å²) in [6.07, 6.45) is 2.40. The molecule has 0 radical (unpaired) electrons. The van der Waals surface area contributed by atoms with Crippen LogP contribution in [0.25, 0.3) is 0 Å². The third-order valence-electron chi connectivity index (χ3n) is 5.38. The molecule has 1 aliphatic carbocycles. The Balaban J connectivity index is 1.55. The standard InChI is InChI=1S/C24H31N3O4/c1-16-5-6-17(2)20(13-16)25-24(29)15-27(18-7-8-18)12-11-23(28)26-21-14-19(30-3)9-10-22(21)31-4/h5-6,9-10,13-14,18H,7-8,11-12,15H2,1-4H3,(H,25,29)(H,26,28). The maximum atomic E-state index is 12.6. The van der Waals surface area contributed by atoms with Crippen LogP contribution in [0.5, 0.6) is 11.5 Å². The Labute approximate surface area is 183 Å². The first-order chi connectivity index (χ1) is 14.9. The molecule has 0 spiro atoms. The summed E-state index contributed by atoms with van der Waals surface area (Å²) >= 11 is 0. The molecule has 3 rings (SSSR count). The van der Waals surface area contributed by atoms with Gasteiger partial charge in [0.05, 0.1) is 26.5 Å². The van der Waals surface area contributed by atoms with Gasteiger partial charge in [-0.15, -0.1) is 0 Å². The molecular formula is C24H31N3O4. The molecule has 1 saturated carbocycles. The molecule has 166 valence electrons. The molecule has 1 fully saturated rings. The molecule has 0 aliphatic heterocycles. The van der Waals surface area contributed by atoms with Gasteiger partial charge in [-0.25, -0.2) is 0 Å². The van der Waals surface area contributed by atoms with Crippen molar-refractivity contribution >= 4 is 23.2 Å². The van der Waals surface area contributed by atoms with E-state index in [2.05, 4.69) is 15.5 Å². The van der Waals surface area contributed by atoms with Crippen molar-refractivity contribution < 1.29 is 19.1 Å². The number of ether oxygens (including phenoxy) is 2. The molecule has 7 nitrogen and oxygen atoms in total. The van der Waals surface area contributed by atoms with Crippen molar-refractivity contribution in [3.63, 3.8) is 0 Å². The Morgan fingerprint density at radius 1 is 0.968 bits per heavy atom. The van der Waals surface area contributed by atoms with Crippen LogP contribution < -0.4 is 20.1 Å². The monoisotopic (exact) mass is 425 g/mol. The highest BCUT2D eigenvalue weighted by molar-refractivity contribution is 5.94. The number of nitrogens with zero attached hydrogens (tertiary/aromatic N) is 1. The first-order valence-corrected chi connectivity index (χ1v) is 10.5. The van der Waals surface area contributed by atoms with E-state index in [-0.39, 0.29) is 24.8 Å². The van der Waals surface area contributed by atoms with E-state index in [0.717, 1.165) is 29.7 Å². The number of benzene rings is 2. The van der Waals surface area contributed by atoms with Gasteiger partial charge in [-0.3, -0.25) is 14.5 Å². The molecule has 2 aromatic carbocycles. The second kappa shape index (κ2) is 10.3. The molecule has 0 bridgehead atoms. The highest BCUT2D eigenvalue weighted by Gasteiger charge is 2.30. The topological polar surface area (TPSA) is 79.9 Å². The molecule has 2 N–H and O–H groups in total. The zero-order valence-corrected chi connectivity index (χ0v) is 18.7. The Morgan fingerprint density at radius 3 is 2.39 bits per heavy atom. The van der Waals surface area contributed by atoms with Crippen molar-refractivity contribution in [1.82, 2.24) is 4.90 Å². The number of methoxy groups -OCH3 is 2. The highest BCUT2D eigenvalue weighted by Crippen LogP contribution is 2.30. The predicted octanol–water partition coefficient (Wildman–Crippen LogP) is 3.75. The zero-order valence-electron chi connectivity index (χ0n) is 18.7. The summed E-state index contributed by atoms with van der Waals surface area (Å²) in [6, 6.07) is 11.6. The van der Waals surface area contributed by atoms with Crippen LogP contribution in [0.15, 0.2) is 36.4 Å². The van der Waals surface area contributed by atoms with Crippen molar-refractivity contribution in [1.29, 1.82) is 0 Å². The van der Waals surface area contributed by atoms with E-state index in [0.29, 0.717) is 29.8 Å². The molecule has 31 heavy (non-hydrogen) atoms. The highest BCUT2D eigenvalue weighted by atomic mass is 16.5. The van der Waals surface area contributed by atoms with E-state index < -0.39 is 0 Å². The van der Waals surface area contributed by atoms with Crippen LogP contribution in [0.3, 0.4) is 0 Å². The van der Waals surface area contributed by atoms with Gasteiger partial charge in [-0.1, -0.05) is 12.1 Å². The number of carbonyl (C=O) groups is 2. The van der Waals surface area contributed by atoms with Crippen LogP contribution in [0.2, 0.25) is 0 Å². The van der Waals surface area contributed by atoms with Crippen molar-refractivity contribution in [2.24, 2.45) is 0 Å². The quantitative estimate of drug-likeness (QED) is 0.606. The third kappa shape index (κ3) is 6.46. The number of rotatable bonds is 10. The third-order valence-corrected chi connectivity index (χ3v) is 5.38. The van der Waals surface area contributed by atoms with Gasteiger partial charge >= 0.3 is 0 Å². The number of anilines is 2. The molecule has 2 aromatic rings. The molecule has 1 aliphatic rings. The van der Waals surface area contributed by atoms with Crippen molar-refractivity contribution in [3.8, 4) is 11.5 Å². The van der Waals surface area contributed by atoms with Gasteiger partial charge in [0.25, 0.3) is 0 Å². The SMILES string of the molecule is COc1ccc(OC)c(NC(=O)CCN(CC(=O)Nc2cc(C)ccc2C)C2CC2)c1. The fourth-order valence-corrected chi connectivity index (χ4v) is 3.44. The van der Waals surface area contributed by atoms with Gasteiger partial charge < -0.3 is 20.1 Å². The summed E-state index contributed by atoms with van der Waals surface area (Å²) in [4.78, 5) is 27.3. The smallest absolute Gasteiger partial charge is 0.238 e. The van der Waals surface area contributed by atoms with Gasteiger partial charge in [-0.2, -0.15) is 0 Å². The lowest BCUT2D eigenvalue weighted by atomic mass is 10.1. The number of carbonyl (C=O) groups excluding carboxylic acids is 2. The summed E-state index contributed by atoms with van der Waals surface area (Å²) in [6.45, 7) is 4.77. The lowest BCUT2D eigenvalue weighted by Gasteiger charge is -2.21. The number of nitrogens with one attached hydrogen (secondary N) is 2. The number of aryl methyl sites for hydroxylation is 2. The molecule has 0 heterocycles. The largest absolute Gasteiger partial charge is 0.497 e. The molecule has 7 heteroatoms. The van der Waals surface area contributed by atoms with Gasteiger partial charge in [0.1, 0.15) is 11.5 Å². The van der Waals surface area contributed by atoms with Crippen LogP contribution in [0.1, 0.15) is 30.4 Å². The number of hydrogen-bond acceptors (Lipinski definition) is 5. The molecule has 0 unspecified atom stereocenters. The predicted molar refractivity (Wildman–Crippen MR) is 122 cm³/mol. The minimum atomic E-state index is -0.132. The van der Waals surface area contributed by atoms with Crippen molar-refractivity contribution in [3.05, 3.63) is 47.5 Å². The van der Waals surface area contributed by atoms with E-state index in [4.69, 9.17) is 9.47 Å². The van der Waals surface area contributed by atoms with E-state index >= 15 is 0 Å². The summed E-state index contributed by atoms with van der Waals surface area (Å²) < 4.78 is 10.5. The van der Waals surface area contributed by atoms with Crippen molar-refractivity contribution in [2.75, 3.05) is 37.9 Å². The van der Waals surface area contributed by atoms with Gasteiger partial charge in [0.2, 0.25) is 11.8 Å². The van der Waals surface area contributed by atoms with Crippen LogP contribution in [-0.4, -0.2) is 50.1 Å². The molecular weight excluding hydrogens is 394 g/mol. The first-order valence-electron chi connectivity index (χ1n) is 10.5. The molecule has 0 aromatic heterocycles. The maximum absolute atomic E-state index is 12.6.